The van der Waals surface area contributed by atoms with Gasteiger partial charge in [0.2, 0.25) is 15.9 Å². The lowest BCUT2D eigenvalue weighted by Gasteiger charge is -2.35. The maximum Gasteiger partial charge on any atom is 0.242 e. The lowest BCUT2D eigenvalue weighted by atomic mass is 10.1. The van der Waals surface area contributed by atoms with Crippen molar-refractivity contribution in [2.24, 2.45) is 0 Å². The van der Waals surface area contributed by atoms with Gasteiger partial charge >= 0.3 is 0 Å². The summed E-state index contributed by atoms with van der Waals surface area (Å²) in [5, 5.41) is 0.515. The molecule has 0 unspecified atom stereocenters. The first-order valence-corrected chi connectivity index (χ1v) is 11.7. The molecule has 0 atom stereocenters. The fraction of sp³-hybridized carbons (Fsp3) is 0.350. The van der Waals surface area contributed by atoms with Crippen LogP contribution < -0.4 is 4.72 Å². The van der Waals surface area contributed by atoms with Crippen molar-refractivity contribution in [2.45, 2.75) is 17.9 Å². The smallest absolute Gasteiger partial charge is 0.242 e. The maximum atomic E-state index is 14.0. The third-order valence-corrected chi connectivity index (χ3v) is 7.24. The minimum atomic E-state index is -3.78. The van der Waals surface area contributed by atoms with E-state index >= 15 is 0 Å². The summed E-state index contributed by atoms with van der Waals surface area (Å²) in [6, 6.07) is 10.7. The normalized spacial score (nSPS) is 15.4. The summed E-state index contributed by atoms with van der Waals surface area (Å²) in [5.74, 6) is -0.479. The number of carbonyl (C=O) groups excluding carboxylic acids is 1. The molecule has 1 heterocycles. The molecule has 0 aliphatic carbocycles. The summed E-state index contributed by atoms with van der Waals surface area (Å²) in [4.78, 5) is 16.1. The van der Waals surface area contributed by atoms with E-state index in [1.807, 2.05) is 4.90 Å². The summed E-state index contributed by atoms with van der Waals surface area (Å²) in [5.41, 5.74) is 0.452. The average Bonchev–Trinajstić information content (AvgIpc) is 2.71. The molecule has 0 bridgehead atoms. The molecule has 1 amide bonds. The van der Waals surface area contributed by atoms with E-state index < -0.39 is 10.0 Å². The first-order chi connectivity index (χ1) is 14.3. The Morgan fingerprint density at radius 3 is 2.33 bits per heavy atom. The van der Waals surface area contributed by atoms with Crippen LogP contribution in [0.25, 0.3) is 0 Å². The molecular weight excluding hydrogens is 452 g/mol. The molecule has 0 radical (unpaired) electrons. The van der Waals surface area contributed by atoms with Crippen molar-refractivity contribution in [1.82, 2.24) is 14.5 Å². The molecule has 0 aromatic heterocycles. The van der Waals surface area contributed by atoms with Crippen LogP contribution in [0.2, 0.25) is 10.0 Å². The van der Waals surface area contributed by atoms with Gasteiger partial charge in [-0.25, -0.2) is 17.5 Å². The molecule has 1 N–H and O–H groups in total. The number of rotatable bonds is 7. The zero-order valence-corrected chi connectivity index (χ0v) is 18.5. The van der Waals surface area contributed by atoms with Gasteiger partial charge < -0.3 is 4.90 Å². The molecule has 1 aliphatic heterocycles. The van der Waals surface area contributed by atoms with Crippen LogP contribution >= 0.6 is 23.2 Å². The molecule has 6 nitrogen and oxygen atoms in total. The standard InChI is InChI=1S/C20H22Cl2FN3O3S/c21-16-5-3-6-18(23)15(16)14-25-10-12-26(13-11-25)20(27)8-9-24-30(28,29)19-7-2-1-4-17(19)22/h1-7,24H,8-14H2. The van der Waals surface area contributed by atoms with Crippen LogP contribution in [0, 0.1) is 5.82 Å². The largest absolute Gasteiger partial charge is 0.340 e. The summed E-state index contributed by atoms with van der Waals surface area (Å²) in [6.07, 6.45) is 0.0445. The second kappa shape index (κ2) is 10.1. The van der Waals surface area contributed by atoms with Gasteiger partial charge in [0.15, 0.2) is 0 Å². The van der Waals surface area contributed by atoms with Crippen molar-refractivity contribution in [3.05, 3.63) is 63.9 Å². The van der Waals surface area contributed by atoms with Crippen molar-refractivity contribution in [3.63, 3.8) is 0 Å². The van der Waals surface area contributed by atoms with Crippen LogP contribution in [0.3, 0.4) is 0 Å². The fourth-order valence-corrected chi connectivity index (χ4v) is 5.03. The van der Waals surface area contributed by atoms with Gasteiger partial charge in [-0.1, -0.05) is 41.4 Å². The molecule has 1 fully saturated rings. The Morgan fingerprint density at radius 2 is 1.67 bits per heavy atom. The molecule has 162 valence electrons. The highest BCUT2D eigenvalue weighted by Crippen LogP contribution is 2.22. The van der Waals surface area contributed by atoms with Gasteiger partial charge in [0.1, 0.15) is 10.7 Å². The zero-order chi connectivity index (χ0) is 21.7. The molecule has 0 spiro atoms. The highest BCUT2D eigenvalue weighted by atomic mass is 35.5. The minimum Gasteiger partial charge on any atom is -0.340 e. The van der Waals surface area contributed by atoms with Gasteiger partial charge in [-0.2, -0.15) is 0 Å². The second-order valence-corrected chi connectivity index (χ2v) is 9.49. The van der Waals surface area contributed by atoms with E-state index in [0.29, 0.717) is 43.3 Å². The van der Waals surface area contributed by atoms with Gasteiger partial charge in [-0.15, -0.1) is 0 Å². The van der Waals surface area contributed by atoms with Crippen molar-refractivity contribution < 1.29 is 17.6 Å². The Hall–Kier alpha value is -1.71. The third-order valence-electron chi connectivity index (χ3n) is 4.93. The molecule has 1 saturated heterocycles. The molecule has 0 saturated carbocycles. The third kappa shape index (κ3) is 5.70. The Bertz CT molecular complexity index is 992. The van der Waals surface area contributed by atoms with Gasteiger partial charge in [0.05, 0.1) is 5.02 Å². The molecule has 10 heteroatoms. The van der Waals surface area contributed by atoms with E-state index in [1.165, 1.54) is 18.2 Å². The monoisotopic (exact) mass is 473 g/mol. The molecule has 2 aromatic rings. The van der Waals surface area contributed by atoms with Crippen LogP contribution in [-0.2, 0) is 21.4 Å². The summed E-state index contributed by atoms with van der Waals surface area (Å²) in [6.45, 7) is 2.51. The first-order valence-electron chi connectivity index (χ1n) is 9.45. The number of hydrogen-bond donors (Lipinski definition) is 1. The van der Waals surface area contributed by atoms with Crippen molar-refractivity contribution >= 4 is 39.1 Å². The number of carbonyl (C=O) groups is 1. The quantitative estimate of drug-likeness (QED) is 0.670. The van der Waals surface area contributed by atoms with E-state index in [-0.39, 0.29) is 34.6 Å². The highest BCUT2D eigenvalue weighted by molar-refractivity contribution is 7.89. The number of benzene rings is 2. The SMILES string of the molecule is O=C(CCNS(=O)(=O)c1ccccc1Cl)N1CCN(Cc2c(F)cccc2Cl)CC1. The van der Waals surface area contributed by atoms with Gasteiger partial charge in [0, 0.05) is 56.3 Å². The van der Waals surface area contributed by atoms with E-state index in [4.69, 9.17) is 23.2 Å². The fourth-order valence-electron chi connectivity index (χ4n) is 3.25. The topological polar surface area (TPSA) is 69.7 Å². The molecule has 3 rings (SSSR count). The van der Waals surface area contributed by atoms with Crippen LogP contribution in [-0.4, -0.2) is 56.8 Å². The zero-order valence-electron chi connectivity index (χ0n) is 16.2. The summed E-state index contributed by atoms with van der Waals surface area (Å²) < 4.78 is 41.0. The number of hydrogen-bond acceptors (Lipinski definition) is 4. The molecular formula is C20H22Cl2FN3O3S. The first kappa shape index (κ1) is 23.0. The number of halogens is 3. The van der Waals surface area contributed by atoms with E-state index in [0.717, 1.165) is 0 Å². The number of amides is 1. The minimum absolute atomic E-state index is 0.0143. The second-order valence-electron chi connectivity index (χ2n) is 6.94. The lowest BCUT2D eigenvalue weighted by Crippen LogP contribution is -2.48. The molecule has 2 aromatic carbocycles. The number of piperazine rings is 1. The Kier molecular flexibility index (Phi) is 7.70. The van der Waals surface area contributed by atoms with Crippen LogP contribution in [0.1, 0.15) is 12.0 Å². The number of nitrogens with zero attached hydrogens (tertiary/aromatic N) is 2. The van der Waals surface area contributed by atoms with Crippen LogP contribution in [0.4, 0.5) is 4.39 Å². The Morgan fingerprint density at radius 1 is 1.00 bits per heavy atom. The predicted octanol–water partition coefficient (Wildman–Crippen LogP) is 3.15. The number of sulfonamides is 1. The lowest BCUT2D eigenvalue weighted by molar-refractivity contribution is -0.132. The van der Waals surface area contributed by atoms with Gasteiger partial charge in [0.25, 0.3) is 0 Å². The van der Waals surface area contributed by atoms with Crippen molar-refractivity contribution in [1.29, 1.82) is 0 Å². The van der Waals surface area contributed by atoms with Gasteiger partial charge in [-0.3, -0.25) is 9.69 Å². The van der Waals surface area contributed by atoms with E-state index in [9.17, 15) is 17.6 Å². The number of nitrogens with one attached hydrogen (secondary N) is 1. The summed E-state index contributed by atoms with van der Waals surface area (Å²) >= 11 is 12.0. The maximum absolute atomic E-state index is 14.0. The molecule has 1 aliphatic rings. The van der Waals surface area contributed by atoms with Crippen LogP contribution in [0.5, 0.6) is 0 Å². The van der Waals surface area contributed by atoms with Gasteiger partial charge in [-0.05, 0) is 24.3 Å². The van der Waals surface area contributed by atoms with Crippen molar-refractivity contribution in [3.8, 4) is 0 Å². The predicted molar refractivity (Wildman–Crippen MR) is 115 cm³/mol. The molecule has 30 heavy (non-hydrogen) atoms. The highest BCUT2D eigenvalue weighted by Gasteiger charge is 2.23. The summed E-state index contributed by atoms with van der Waals surface area (Å²) in [7, 11) is -3.78. The van der Waals surface area contributed by atoms with E-state index in [2.05, 4.69) is 4.72 Å². The Balaban J connectivity index is 1.46. The Labute approximate surface area is 185 Å². The van der Waals surface area contributed by atoms with Crippen molar-refractivity contribution in [2.75, 3.05) is 32.7 Å². The average molecular weight is 474 g/mol. The van der Waals surface area contributed by atoms with Crippen LogP contribution in [0.15, 0.2) is 47.4 Å². The van der Waals surface area contributed by atoms with E-state index in [1.54, 1.807) is 29.2 Å².